The molecule has 0 aliphatic carbocycles. The Labute approximate surface area is 467 Å². The molecular formula is C58H107Co2N4O9. The Morgan fingerprint density at radius 3 is 0.726 bits per heavy atom. The second kappa shape index (κ2) is 47.7. The average molecular weight is 1120 g/mol. The van der Waals surface area contributed by atoms with E-state index in [1.54, 1.807) is 0 Å². The molecule has 2 aromatic rings. The normalized spacial score (nSPS) is 14.0. The van der Waals surface area contributed by atoms with Crippen LogP contribution in [0.25, 0.3) is 0 Å². The van der Waals surface area contributed by atoms with Crippen molar-refractivity contribution in [3.8, 4) is 11.5 Å². The van der Waals surface area contributed by atoms with Gasteiger partial charge >= 0.3 is 33.6 Å². The van der Waals surface area contributed by atoms with Crippen molar-refractivity contribution in [3.63, 3.8) is 0 Å². The number of hydrogen-bond donors (Lipinski definition) is 4. The van der Waals surface area contributed by atoms with Crippen molar-refractivity contribution in [1.29, 1.82) is 0 Å². The maximum Gasteiger partial charge on any atom is 3.00 e. The van der Waals surface area contributed by atoms with Crippen LogP contribution in [-0.4, -0.2) is 49.6 Å². The van der Waals surface area contributed by atoms with Gasteiger partial charge in [-0.05, 0) is 75.8 Å². The van der Waals surface area contributed by atoms with E-state index < -0.39 is 17.9 Å². The number of fused-ring (bicyclic) bond motifs is 4. The van der Waals surface area contributed by atoms with Gasteiger partial charge in [-0.2, -0.15) is 0 Å². The summed E-state index contributed by atoms with van der Waals surface area (Å²) < 4.78 is 0. The molecule has 0 amide bonds. The predicted molar refractivity (Wildman–Crippen MR) is 289 cm³/mol. The molecule has 15 heteroatoms. The van der Waals surface area contributed by atoms with Gasteiger partial charge in [-0.15, -0.1) is 0 Å². The molecule has 1 heterocycles. The molecule has 431 valence electrons. The Balaban J connectivity index is -0.000000215. The summed E-state index contributed by atoms with van der Waals surface area (Å²) in [4.78, 5) is 26.7. The van der Waals surface area contributed by atoms with Crippen molar-refractivity contribution in [2.75, 3.05) is 26.2 Å². The summed E-state index contributed by atoms with van der Waals surface area (Å²) in [6, 6.07) is 8.33. The minimum atomic E-state index is -1.08. The van der Waals surface area contributed by atoms with Crippen LogP contribution in [-0.2, 0) is 85.0 Å². The molecular weight excluding hydrogens is 1010 g/mol. The molecule has 0 saturated carbocycles. The molecule has 0 unspecified atom stereocenters. The van der Waals surface area contributed by atoms with Gasteiger partial charge in [0.25, 0.3) is 0 Å². The first-order valence-corrected chi connectivity index (χ1v) is 26.3. The van der Waals surface area contributed by atoms with Crippen LogP contribution < -0.4 is 46.8 Å². The fourth-order valence-corrected chi connectivity index (χ4v) is 6.67. The molecule has 3 rings (SSSR count). The van der Waals surface area contributed by atoms with Crippen LogP contribution in [0.1, 0.15) is 242 Å². The van der Waals surface area contributed by atoms with Gasteiger partial charge in [0.1, 0.15) is 0 Å². The Morgan fingerprint density at radius 2 is 0.603 bits per heavy atom. The van der Waals surface area contributed by atoms with Gasteiger partial charge in [0, 0.05) is 70.3 Å². The number of aliphatic carboxylic acids is 3. The van der Waals surface area contributed by atoms with Gasteiger partial charge in [0.2, 0.25) is 0 Å². The standard InChI is InChI=1S/C34H56N4O2.3C6H14.3C2H4O2.2Co.H2O/c1-31(2,3)27-11-23-15-35-19-33(7,8)21-37-17-25-13-28(32(4,5)6)14-26(30(25)40)18-38-22-34(9,10)20-36-16-24(12-27)29(23)39;3*1-3-5-6-4-2;3*1-2(3)4;;;/h11-14,35-40H,15-22H2,1-10H3;3*3-6H2,1-2H3;3*1H3,(H,3,4);;;1H2/q;;;;;;;+2;+3;/p-5. The van der Waals surface area contributed by atoms with Crippen molar-refractivity contribution in [1.82, 2.24) is 21.3 Å². The zero-order valence-electron chi connectivity index (χ0n) is 49.4. The summed E-state index contributed by atoms with van der Waals surface area (Å²) in [5.41, 5.74) is 5.48. The maximum absolute atomic E-state index is 13.4. The summed E-state index contributed by atoms with van der Waals surface area (Å²) in [5, 5.41) is 67.8. The van der Waals surface area contributed by atoms with Crippen LogP contribution in [0.15, 0.2) is 24.3 Å². The first-order valence-electron chi connectivity index (χ1n) is 26.3. The van der Waals surface area contributed by atoms with Crippen LogP contribution >= 0.6 is 0 Å². The van der Waals surface area contributed by atoms with Gasteiger partial charge in [-0.1, -0.05) is 224 Å². The van der Waals surface area contributed by atoms with Crippen LogP contribution in [0.5, 0.6) is 11.5 Å². The third kappa shape index (κ3) is 51.2. The molecule has 1 aliphatic rings. The van der Waals surface area contributed by atoms with Crippen molar-refractivity contribution < 1.29 is 79.0 Å². The van der Waals surface area contributed by atoms with E-state index in [1.807, 2.05) is 0 Å². The summed E-state index contributed by atoms with van der Waals surface area (Å²) in [7, 11) is 0. The zero-order chi connectivity index (χ0) is 55.1. The molecule has 2 aromatic carbocycles. The Morgan fingerprint density at radius 1 is 0.452 bits per heavy atom. The molecule has 0 spiro atoms. The van der Waals surface area contributed by atoms with Gasteiger partial charge in [0.05, 0.1) is 0 Å². The number of carboxylic acid groups (broad SMARTS) is 3. The smallest absolute Gasteiger partial charge is 0.872 e. The number of hydrogen-bond acceptors (Lipinski definition) is 12. The van der Waals surface area contributed by atoms with Gasteiger partial charge in [-0.3, -0.25) is 0 Å². The topological polar surface area (TPSA) is 246 Å². The van der Waals surface area contributed by atoms with E-state index in [0.717, 1.165) is 69.2 Å². The molecule has 0 saturated heterocycles. The summed E-state index contributed by atoms with van der Waals surface area (Å²) >= 11 is 0. The second-order valence-corrected chi connectivity index (χ2v) is 22.1. The van der Waals surface area contributed by atoms with Crippen molar-refractivity contribution >= 4 is 17.9 Å². The fourth-order valence-electron chi connectivity index (χ4n) is 6.67. The third-order valence-electron chi connectivity index (χ3n) is 10.8. The van der Waals surface area contributed by atoms with Crippen LogP contribution in [0.4, 0.5) is 0 Å². The molecule has 73 heavy (non-hydrogen) atoms. The summed E-state index contributed by atoms with van der Waals surface area (Å²) in [5.74, 6) is -2.99. The van der Waals surface area contributed by atoms with E-state index >= 15 is 0 Å². The van der Waals surface area contributed by atoms with Gasteiger partial charge in [-0.25, -0.2) is 0 Å². The van der Waals surface area contributed by atoms with Crippen molar-refractivity contribution in [2.24, 2.45) is 10.8 Å². The molecule has 1 radical (unpaired) electrons. The number of carbonyl (C=O) groups excluding carboxylic acids is 3. The van der Waals surface area contributed by atoms with Crippen molar-refractivity contribution in [3.05, 3.63) is 57.6 Å². The number of rotatable bonds is 9. The monoisotopic (exact) mass is 1120 g/mol. The molecule has 13 nitrogen and oxygen atoms in total. The first-order chi connectivity index (χ1) is 32.3. The van der Waals surface area contributed by atoms with Crippen molar-refractivity contribution in [2.45, 2.75) is 246 Å². The summed E-state index contributed by atoms with van der Waals surface area (Å²) in [6.45, 7) is 43.5. The number of benzene rings is 2. The minimum absolute atomic E-state index is 0. The third-order valence-corrected chi connectivity index (χ3v) is 10.8. The number of carboxylic acids is 3. The van der Waals surface area contributed by atoms with E-state index in [-0.39, 0.29) is 72.2 Å². The zero-order valence-corrected chi connectivity index (χ0v) is 51.5. The largest absolute Gasteiger partial charge is 3.00 e. The van der Waals surface area contributed by atoms with Crippen LogP contribution in [0.2, 0.25) is 0 Å². The van der Waals surface area contributed by atoms with Crippen LogP contribution in [0.3, 0.4) is 0 Å². The molecule has 0 fully saturated rings. The van der Waals surface area contributed by atoms with E-state index in [9.17, 15) is 10.2 Å². The summed E-state index contributed by atoms with van der Waals surface area (Å²) in [6.07, 6.45) is 16.6. The Hall–Kier alpha value is -2.74. The molecule has 0 atom stereocenters. The molecule has 6 N–H and O–H groups in total. The molecule has 0 aromatic heterocycles. The van der Waals surface area contributed by atoms with Gasteiger partial charge in [0.15, 0.2) is 0 Å². The first kappa shape index (κ1) is 84.2. The van der Waals surface area contributed by atoms with Gasteiger partial charge < -0.3 is 66.7 Å². The quantitative estimate of drug-likeness (QED) is 0.176. The van der Waals surface area contributed by atoms with E-state index in [1.165, 1.54) is 88.2 Å². The molecule has 4 bridgehead atoms. The average Bonchev–Trinajstić information content (AvgIpc) is 3.22. The predicted octanol–water partition coefficient (Wildman–Crippen LogP) is 7.75. The minimum Gasteiger partial charge on any atom is -0.872 e. The van der Waals surface area contributed by atoms with E-state index in [4.69, 9.17) is 29.7 Å². The number of nitrogens with one attached hydrogen (secondary N) is 4. The fraction of sp³-hybridized carbons (Fsp3) is 0.741. The van der Waals surface area contributed by atoms with E-state index in [0.29, 0.717) is 26.2 Å². The number of carbonyl (C=O) groups is 3. The molecule has 1 aliphatic heterocycles. The Bertz CT molecular complexity index is 1450. The van der Waals surface area contributed by atoms with Crippen LogP contribution in [0, 0.1) is 10.8 Å². The maximum atomic E-state index is 13.4. The SMILES string of the molecule is CC(=O)[O-].CC(=O)[O-].CC(=O)[O-].CC1(C)CNCc2cc(C(C)(C)C)cc(c2[O-])CNCC(C)(C)CNCc2cc(C(C)(C)C)cc(c2[O-])CNC1.CCCCCC.CCCCCC.CCCCCC.O.[Co+2].[Co+3]. The number of unbranched alkanes of at least 4 members (excludes halogenated alkanes) is 9. The van der Waals surface area contributed by atoms with E-state index in [2.05, 4.69) is 156 Å². The Kier molecular flexibility index (Phi) is 55.0. The second-order valence-electron chi connectivity index (χ2n) is 22.1.